The van der Waals surface area contributed by atoms with Gasteiger partial charge in [0, 0.05) is 0 Å². The molecule has 0 saturated carbocycles. The van der Waals surface area contributed by atoms with Crippen LogP contribution in [-0.2, 0) is 0 Å². The summed E-state index contributed by atoms with van der Waals surface area (Å²) in [5.74, 6) is -0.586. The van der Waals surface area contributed by atoms with Crippen molar-refractivity contribution in [2.24, 2.45) is 5.73 Å². The van der Waals surface area contributed by atoms with E-state index in [1.54, 1.807) is 0 Å². The van der Waals surface area contributed by atoms with E-state index in [1.165, 1.54) is 6.08 Å². The summed E-state index contributed by atoms with van der Waals surface area (Å²) in [5, 5.41) is 0. The van der Waals surface area contributed by atoms with Gasteiger partial charge in [0.25, 0.3) is 0 Å². The molecule has 0 rings (SSSR count). The average molecular weight is 89.1 g/mol. The lowest BCUT2D eigenvalue weighted by atomic mass is 10.5. The maximum atomic E-state index is 11.3. The SMILES string of the molecule is CC/C=C(\N)F. The Hall–Kier alpha value is -0.530. The van der Waals surface area contributed by atoms with Crippen LogP contribution in [0.1, 0.15) is 13.3 Å². The lowest BCUT2D eigenvalue weighted by molar-refractivity contribution is 0.621. The molecule has 0 aliphatic heterocycles. The Labute approximate surface area is 36.6 Å². The summed E-state index contributed by atoms with van der Waals surface area (Å²) in [6.07, 6.45) is 1.99. The van der Waals surface area contributed by atoms with Gasteiger partial charge >= 0.3 is 0 Å². The molecule has 0 spiro atoms. The van der Waals surface area contributed by atoms with E-state index in [9.17, 15) is 4.39 Å². The fraction of sp³-hybridized carbons (Fsp3) is 0.500. The molecule has 0 aromatic rings. The van der Waals surface area contributed by atoms with Crippen molar-refractivity contribution in [2.75, 3.05) is 0 Å². The van der Waals surface area contributed by atoms with Gasteiger partial charge in [-0.25, -0.2) is 0 Å². The molecule has 2 N–H and O–H groups in total. The van der Waals surface area contributed by atoms with Crippen molar-refractivity contribution in [3.8, 4) is 0 Å². The topological polar surface area (TPSA) is 26.0 Å². The van der Waals surface area contributed by atoms with Gasteiger partial charge in [-0.05, 0) is 12.5 Å². The summed E-state index contributed by atoms with van der Waals surface area (Å²) in [6, 6.07) is 0. The van der Waals surface area contributed by atoms with Gasteiger partial charge in [-0.15, -0.1) is 0 Å². The average Bonchev–Trinajstić information content (AvgIpc) is 1.35. The fourth-order valence-electron chi connectivity index (χ4n) is 0.195. The van der Waals surface area contributed by atoms with Crippen LogP contribution in [0.5, 0.6) is 0 Å². The van der Waals surface area contributed by atoms with Gasteiger partial charge in [0.2, 0.25) is 0 Å². The van der Waals surface area contributed by atoms with E-state index in [0.717, 1.165) is 0 Å². The second-order valence-corrected chi connectivity index (χ2v) is 0.997. The molecule has 0 saturated heterocycles. The first kappa shape index (κ1) is 5.47. The molecule has 0 amide bonds. The smallest absolute Gasteiger partial charge is 0.180 e. The van der Waals surface area contributed by atoms with Crippen LogP contribution >= 0.6 is 0 Å². The Morgan fingerprint density at radius 3 is 2.50 bits per heavy atom. The Balaban J connectivity index is 3.14. The van der Waals surface area contributed by atoms with E-state index in [2.05, 4.69) is 5.73 Å². The first-order valence-corrected chi connectivity index (χ1v) is 1.88. The van der Waals surface area contributed by atoms with E-state index in [0.29, 0.717) is 6.42 Å². The summed E-state index contributed by atoms with van der Waals surface area (Å²) >= 11 is 0. The number of allylic oxidation sites excluding steroid dienone is 1. The summed E-state index contributed by atoms with van der Waals surface area (Å²) < 4.78 is 11.3. The van der Waals surface area contributed by atoms with Gasteiger partial charge in [-0.1, -0.05) is 6.92 Å². The van der Waals surface area contributed by atoms with Crippen molar-refractivity contribution in [1.82, 2.24) is 0 Å². The highest BCUT2D eigenvalue weighted by Gasteiger charge is 1.73. The summed E-state index contributed by atoms with van der Waals surface area (Å²) in [5.41, 5.74) is 4.60. The molecular weight excluding hydrogens is 81.0 g/mol. The number of hydrogen-bond donors (Lipinski definition) is 1. The number of nitrogens with two attached hydrogens (primary N) is 1. The van der Waals surface area contributed by atoms with E-state index in [-0.39, 0.29) is 0 Å². The van der Waals surface area contributed by atoms with Crippen molar-refractivity contribution >= 4 is 0 Å². The monoisotopic (exact) mass is 89.1 g/mol. The molecule has 0 aromatic heterocycles. The number of hydrogen-bond acceptors (Lipinski definition) is 1. The predicted octanol–water partition coefficient (Wildman–Crippen LogP) is 1.17. The lowest BCUT2D eigenvalue weighted by Crippen LogP contribution is -1.85. The van der Waals surface area contributed by atoms with Gasteiger partial charge in [0.05, 0.1) is 0 Å². The van der Waals surface area contributed by atoms with Crippen molar-refractivity contribution in [2.45, 2.75) is 13.3 Å². The van der Waals surface area contributed by atoms with E-state index in [1.807, 2.05) is 6.92 Å². The minimum Gasteiger partial charge on any atom is -0.376 e. The Kier molecular flexibility index (Phi) is 2.46. The van der Waals surface area contributed by atoms with Gasteiger partial charge in [0.15, 0.2) is 5.95 Å². The Bertz CT molecular complexity index is 54.6. The molecule has 0 fully saturated rings. The van der Waals surface area contributed by atoms with E-state index < -0.39 is 5.95 Å². The van der Waals surface area contributed by atoms with Crippen LogP contribution in [0.15, 0.2) is 12.0 Å². The molecule has 0 aliphatic carbocycles. The highest BCUT2D eigenvalue weighted by atomic mass is 19.1. The van der Waals surface area contributed by atoms with E-state index >= 15 is 0 Å². The van der Waals surface area contributed by atoms with Crippen LogP contribution < -0.4 is 5.73 Å². The molecule has 0 unspecified atom stereocenters. The molecular formula is C4H8FN. The summed E-state index contributed by atoms with van der Waals surface area (Å²) in [6.45, 7) is 1.83. The standard InChI is InChI=1S/C4H8FN/c1-2-3-4(5)6/h3H,2,6H2,1H3/b4-3-. The largest absolute Gasteiger partial charge is 0.376 e. The van der Waals surface area contributed by atoms with Crippen LogP contribution in [0, 0.1) is 0 Å². The normalized spacial score (nSPS) is 12.0. The van der Waals surface area contributed by atoms with Crippen LogP contribution in [0.2, 0.25) is 0 Å². The molecule has 0 aromatic carbocycles. The zero-order chi connectivity index (χ0) is 4.99. The second kappa shape index (κ2) is 2.69. The number of halogens is 1. The zero-order valence-electron chi connectivity index (χ0n) is 3.74. The third kappa shape index (κ3) is 3.47. The molecule has 0 bridgehead atoms. The van der Waals surface area contributed by atoms with Crippen molar-refractivity contribution in [3.05, 3.63) is 12.0 Å². The minimum atomic E-state index is -0.586. The van der Waals surface area contributed by atoms with Crippen LogP contribution in [0.4, 0.5) is 4.39 Å². The highest BCUT2D eigenvalue weighted by molar-refractivity contribution is 4.82. The van der Waals surface area contributed by atoms with Crippen molar-refractivity contribution in [3.63, 3.8) is 0 Å². The van der Waals surface area contributed by atoms with Crippen molar-refractivity contribution in [1.29, 1.82) is 0 Å². The van der Waals surface area contributed by atoms with Gasteiger partial charge < -0.3 is 5.73 Å². The first-order valence-electron chi connectivity index (χ1n) is 1.88. The van der Waals surface area contributed by atoms with E-state index in [4.69, 9.17) is 0 Å². The summed E-state index contributed by atoms with van der Waals surface area (Å²) in [4.78, 5) is 0. The Morgan fingerprint density at radius 1 is 2.00 bits per heavy atom. The quantitative estimate of drug-likeness (QED) is 0.479. The van der Waals surface area contributed by atoms with Gasteiger partial charge in [-0.2, -0.15) is 4.39 Å². The second-order valence-electron chi connectivity index (χ2n) is 0.997. The lowest BCUT2D eigenvalue weighted by Gasteiger charge is -1.76. The molecule has 0 aliphatic rings. The summed E-state index contributed by atoms with van der Waals surface area (Å²) in [7, 11) is 0. The third-order valence-electron chi connectivity index (χ3n) is 0.399. The fourth-order valence-corrected chi connectivity index (χ4v) is 0.195. The van der Waals surface area contributed by atoms with Crippen LogP contribution in [0.3, 0.4) is 0 Å². The molecule has 1 nitrogen and oxygen atoms in total. The van der Waals surface area contributed by atoms with Crippen LogP contribution in [-0.4, -0.2) is 0 Å². The third-order valence-corrected chi connectivity index (χ3v) is 0.399. The maximum absolute atomic E-state index is 11.3. The van der Waals surface area contributed by atoms with Crippen molar-refractivity contribution < 1.29 is 4.39 Å². The molecule has 2 heteroatoms. The minimum absolute atomic E-state index is 0.586. The zero-order valence-corrected chi connectivity index (χ0v) is 3.74. The van der Waals surface area contributed by atoms with Gasteiger partial charge in [-0.3, -0.25) is 0 Å². The number of rotatable bonds is 1. The molecule has 6 heavy (non-hydrogen) atoms. The molecule has 0 heterocycles. The first-order chi connectivity index (χ1) is 2.77. The predicted molar refractivity (Wildman–Crippen MR) is 23.7 cm³/mol. The Morgan fingerprint density at radius 2 is 2.50 bits per heavy atom. The van der Waals surface area contributed by atoms with Gasteiger partial charge in [0.1, 0.15) is 0 Å². The highest BCUT2D eigenvalue weighted by Crippen LogP contribution is 1.85. The molecule has 36 valence electrons. The van der Waals surface area contributed by atoms with Crippen LogP contribution in [0.25, 0.3) is 0 Å². The molecule has 0 radical (unpaired) electrons. The maximum Gasteiger partial charge on any atom is 0.180 e. The molecule has 0 atom stereocenters.